The molecule has 1 aliphatic carbocycles. The summed E-state index contributed by atoms with van der Waals surface area (Å²) in [6, 6.07) is 8.08. The van der Waals surface area contributed by atoms with Crippen LogP contribution in [-0.2, 0) is 11.3 Å². The van der Waals surface area contributed by atoms with E-state index in [0.717, 1.165) is 50.0 Å². The van der Waals surface area contributed by atoms with Crippen molar-refractivity contribution in [1.29, 1.82) is 0 Å². The first-order chi connectivity index (χ1) is 10.2. The highest BCUT2D eigenvalue weighted by Gasteiger charge is 2.24. The Kier molecular flexibility index (Phi) is 8.28. The van der Waals surface area contributed by atoms with Crippen molar-refractivity contribution in [3.05, 3.63) is 29.8 Å². The molecule has 1 saturated carbocycles. The van der Waals surface area contributed by atoms with Gasteiger partial charge in [0.2, 0.25) is 5.91 Å². The zero-order valence-electron chi connectivity index (χ0n) is 13.2. The van der Waals surface area contributed by atoms with Gasteiger partial charge in [-0.3, -0.25) is 4.79 Å². The van der Waals surface area contributed by atoms with Gasteiger partial charge in [0.1, 0.15) is 5.75 Å². The third-order valence-electron chi connectivity index (χ3n) is 3.95. The standard InChI is InChI=1S/C17H26N2O2.ClH/c1-2-10-21-16-8-6-13(7-9-16)12-19-17(20)14-4-3-5-15(18)11-14;/h6-9,14-15H,2-5,10-12,18H2,1H3,(H,19,20);1H. The second kappa shape index (κ2) is 9.70. The van der Waals surface area contributed by atoms with Crippen LogP contribution in [0.1, 0.15) is 44.6 Å². The molecule has 1 aromatic carbocycles. The second-order valence-corrected chi connectivity index (χ2v) is 5.83. The maximum absolute atomic E-state index is 12.1. The zero-order valence-corrected chi connectivity index (χ0v) is 14.0. The smallest absolute Gasteiger partial charge is 0.223 e. The van der Waals surface area contributed by atoms with Crippen molar-refractivity contribution in [3.63, 3.8) is 0 Å². The molecule has 124 valence electrons. The Labute approximate surface area is 139 Å². The van der Waals surface area contributed by atoms with Crippen LogP contribution in [-0.4, -0.2) is 18.6 Å². The number of hydrogen-bond acceptors (Lipinski definition) is 3. The number of halogens is 1. The van der Waals surface area contributed by atoms with Gasteiger partial charge in [0, 0.05) is 18.5 Å². The largest absolute Gasteiger partial charge is 0.494 e. The van der Waals surface area contributed by atoms with E-state index >= 15 is 0 Å². The highest BCUT2D eigenvalue weighted by Crippen LogP contribution is 2.23. The minimum atomic E-state index is 0. The minimum Gasteiger partial charge on any atom is -0.494 e. The number of benzene rings is 1. The molecule has 22 heavy (non-hydrogen) atoms. The molecule has 5 heteroatoms. The number of amides is 1. The molecule has 0 heterocycles. The van der Waals surface area contributed by atoms with Gasteiger partial charge in [0.05, 0.1) is 6.61 Å². The monoisotopic (exact) mass is 326 g/mol. The topological polar surface area (TPSA) is 64.3 Å². The van der Waals surface area contributed by atoms with E-state index in [-0.39, 0.29) is 30.3 Å². The molecule has 2 atom stereocenters. The first-order valence-corrected chi connectivity index (χ1v) is 7.94. The lowest BCUT2D eigenvalue weighted by atomic mass is 9.85. The summed E-state index contributed by atoms with van der Waals surface area (Å²) in [4.78, 5) is 12.1. The SMILES string of the molecule is CCCOc1ccc(CNC(=O)C2CCCC(N)C2)cc1.Cl. The number of nitrogens with one attached hydrogen (secondary N) is 1. The number of carbonyl (C=O) groups is 1. The number of rotatable bonds is 6. The fourth-order valence-electron chi connectivity index (χ4n) is 2.72. The molecule has 0 aromatic heterocycles. The average molecular weight is 327 g/mol. The number of ether oxygens (including phenoxy) is 1. The molecule has 3 N–H and O–H groups in total. The second-order valence-electron chi connectivity index (χ2n) is 5.83. The van der Waals surface area contributed by atoms with Gasteiger partial charge in [-0.1, -0.05) is 25.5 Å². The fourth-order valence-corrected chi connectivity index (χ4v) is 2.72. The van der Waals surface area contributed by atoms with Crippen molar-refractivity contribution in [3.8, 4) is 5.75 Å². The van der Waals surface area contributed by atoms with Crippen molar-refractivity contribution in [2.45, 2.75) is 51.6 Å². The van der Waals surface area contributed by atoms with E-state index in [4.69, 9.17) is 10.5 Å². The van der Waals surface area contributed by atoms with Gasteiger partial charge in [-0.2, -0.15) is 0 Å². The summed E-state index contributed by atoms with van der Waals surface area (Å²) in [6.45, 7) is 3.39. The number of carbonyl (C=O) groups excluding carboxylic acids is 1. The summed E-state index contributed by atoms with van der Waals surface area (Å²) in [5.41, 5.74) is 7.02. The lowest BCUT2D eigenvalue weighted by Crippen LogP contribution is -2.37. The number of hydrogen-bond donors (Lipinski definition) is 2. The Morgan fingerprint density at radius 1 is 1.32 bits per heavy atom. The van der Waals surface area contributed by atoms with Gasteiger partial charge < -0.3 is 15.8 Å². The van der Waals surface area contributed by atoms with Gasteiger partial charge >= 0.3 is 0 Å². The maximum Gasteiger partial charge on any atom is 0.223 e. The first-order valence-electron chi connectivity index (χ1n) is 7.94. The average Bonchev–Trinajstić information content (AvgIpc) is 2.51. The van der Waals surface area contributed by atoms with Gasteiger partial charge in [-0.05, 0) is 43.4 Å². The third kappa shape index (κ3) is 5.85. The lowest BCUT2D eigenvalue weighted by molar-refractivity contribution is -0.126. The fraction of sp³-hybridized carbons (Fsp3) is 0.588. The predicted molar refractivity (Wildman–Crippen MR) is 91.3 cm³/mol. The van der Waals surface area contributed by atoms with Crippen LogP contribution in [0.5, 0.6) is 5.75 Å². The van der Waals surface area contributed by atoms with E-state index in [9.17, 15) is 4.79 Å². The van der Waals surface area contributed by atoms with E-state index in [1.165, 1.54) is 0 Å². The van der Waals surface area contributed by atoms with E-state index in [1.807, 2.05) is 24.3 Å². The predicted octanol–water partition coefficient (Wildman–Crippen LogP) is 3.03. The van der Waals surface area contributed by atoms with Crippen molar-refractivity contribution in [1.82, 2.24) is 5.32 Å². The van der Waals surface area contributed by atoms with Crippen LogP contribution in [0, 0.1) is 5.92 Å². The van der Waals surface area contributed by atoms with Gasteiger partial charge in [-0.25, -0.2) is 0 Å². The normalized spacial score (nSPS) is 20.8. The van der Waals surface area contributed by atoms with Crippen LogP contribution < -0.4 is 15.8 Å². The summed E-state index contributed by atoms with van der Waals surface area (Å²) in [6.07, 6.45) is 4.88. The molecule has 0 radical (unpaired) electrons. The summed E-state index contributed by atoms with van der Waals surface area (Å²) >= 11 is 0. The third-order valence-corrected chi connectivity index (χ3v) is 3.95. The molecule has 0 saturated heterocycles. The molecule has 0 spiro atoms. The van der Waals surface area contributed by atoms with Crippen molar-refractivity contribution in [2.75, 3.05) is 6.61 Å². The molecular formula is C17H27ClN2O2. The molecule has 1 fully saturated rings. The molecule has 0 aliphatic heterocycles. The van der Waals surface area contributed by atoms with Crippen LogP contribution in [0.4, 0.5) is 0 Å². The Hall–Kier alpha value is -1.26. The van der Waals surface area contributed by atoms with Crippen molar-refractivity contribution >= 4 is 18.3 Å². The van der Waals surface area contributed by atoms with E-state index in [1.54, 1.807) is 0 Å². The Morgan fingerprint density at radius 3 is 2.68 bits per heavy atom. The van der Waals surface area contributed by atoms with Crippen LogP contribution in [0.2, 0.25) is 0 Å². The molecular weight excluding hydrogens is 300 g/mol. The summed E-state index contributed by atoms with van der Waals surface area (Å²) in [5.74, 6) is 1.10. The van der Waals surface area contributed by atoms with E-state index in [0.29, 0.717) is 6.54 Å². The summed E-state index contributed by atoms with van der Waals surface area (Å²) < 4.78 is 5.54. The molecule has 2 rings (SSSR count). The number of nitrogens with two attached hydrogens (primary N) is 1. The van der Waals surface area contributed by atoms with Crippen LogP contribution >= 0.6 is 12.4 Å². The molecule has 1 aromatic rings. The molecule has 4 nitrogen and oxygen atoms in total. The highest BCUT2D eigenvalue weighted by molar-refractivity contribution is 5.85. The Bertz CT molecular complexity index is 450. The van der Waals surface area contributed by atoms with Crippen molar-refractivity contribution < 1.29 is 9.53 Å². The molecule has 1 amide bonds. The molecule has 0 bridgehead atoms. The Balaban J connectivity index is 0.00000242. The zero-order chi connectivity index (χ0) is 15.1. The first kappa shape index (κ1) is 18.8. The quantitative estimate of drug-likeness (QED) is 0.844. The van der Waals surface area contributed by atoms with Crippen LogP contribution in [0.15, 0.2) is 24.3 Å². The summed E-state index contributed by atoms with van der Waals surface area (Å²) in [7, 11) is 0. The van der Waals surface area contributed by atoms with Gasteiger partial charge in [0.15, 0.2) is 0 Å². The van der Waals surface area contributed by atoms with E-state index in [2.05, 4.69) is 12.2 Å². The van der Waals surface area contributed by atoms with Gasteiger partial charge in [-0.15, -0.1) is 12.4 Å². The molecule has 2 unspecified atom stereocenters. The molecule has 1 aliphatic rings. The van der Waals surface area contributed by atoms with E-state index < -0.39 is 0 Å². The lowest BCUT2D eigenvalue weighted by Gasteiger charge is -2.25. The summed E-state index contributed by atoms with van der Waals surface area (Å²) in [5, 5.41) is 3.02. The minimum absolute atomic E-state index is 0. The highest BCUT2D eigenvalue weighted by atomic mass is 35.5. The van der Waals surface area contributed by atoms with Crippen LogP contribution in [0.3, 0.4) is 0 Å². The Morgan fingerprint density at radius 2 is 2.05 bits per heavy atom. The van der Waals surface area contributed by atoms with Crippen LogP contribution in [0.25, 0.3) is 0 Å². The van der Waals surface area contributed by atoms with Crippen molar-refractivity contribution in [2.24, 2.45) is 11.7 Å². The van der Waals surface area contributed by atoms with Gasteiger partial charge in [0.25, 0.3) is 0 Å². The maximum atomic E-state index is 12.1.